The van der Waals surface area contributed by atoms with Crippen LogP contribution in [0.2, 0.25) is 0 Å². The third-order valence-electron chi connectivity index (χ3n) is 2.46. The van der Waals surface area contributed by atoms with Crippen LogP contribution in [-0.4, -0.2) is 50.1 Å². The summed E-state index contributed by atoms with van der Waals surface area (Å²) >= 11 is 0. The molecule has 27 heavy (non-hydrogen) atoms. The fraction of sp³-hybridized carbons (Fsp3) is 0.333. The molecule has 0 aliphatic heterocycles. The second-order valence-corrected chi connectivity index (χ2v) is 4.85. The number of carboxylic acid groups (broad SMARTS) is 1. The summed E-state index contributed by atoms with van der Waals surface area (Å²) in [7, 11) is 1.76. The number of hydrogen-bond acceptors (Lipinski definition) is 6. The van der Waals surface area contributed by atoms with Crippen LogP contribution < -0.4 is 25.8 Å². The van der Waals surface area contributed by atoms with Crippen LogP contribution in [0.15, 0.2) is 24.3 Å². The number of hydrogen-bond donors (Lipinski definition) is 3. The van der Waals surface area contributed by atoms with Gasteiger partial charge in [-0.3, -0.25) is 9.59 Å². The Bertz CT molecular complexity index is 662. The highest BCUT2D eigenvalue weighted by Crippen LogP contribution is 2.15. The number of amides is 2. The number of carbonyl (C=O) groups is 4. The molecule has 0 heterocycles. The number of rotatable bonds is 6. The molecule has 0 bridgehead atoms. The Morgan fingerprint density at radius 1 is 1.15 bits per heavy atom. The van der Waals surface area contributed by atoms with Crippen molar-refractivity contribution in [3.8, 4) is 5.75 Å². The molecule has 1 aromatic rings. The molecule has 0 unspecified atom stereocenters. The molecular formula is C15H18F3N3O6. The molecule has 0 radical (unpaired) electrons. The molecule has 0 aliphatic carbocycles. The highest BCUT2D eigenvalue weighted by molar-refractivity contribution is 5.88. The lowest BCUT2D eigenvalue weighted by Crippen LogP contribution is -2.82. The van der Waals surface area contributed by atoms with Crippen LogP contribution >= 0.6 is 0 Å². The minimum Gasteiger partial charge on any atom is -0.542 e. The van der Waals surface area contributed by atoms with Crippen LogP contribution in [-0.2, 0) is 19.2 Å². The number of carbonyl (C=O) groups excluding carboxylic acids is 4. The van der Waals surface area contributed by atoms with Crippen molar-refractivity contribution in [3.05, 3.63) is 24.3 Å². The van der Waals surface area contributed by atoms with Crippen LogP contribution in [0.5, 0.6) is 5.75 Å². The van der Waals surface area contributed by atoms with Crippen LogP contribution in [0.4, 0.5) is 18.9 Å². The first-order chi connectivity index (χ1) is 12.5. The lowest BCUT2D eigenvalue weighted by atomic mass is 10.3. The molecule has 4 N–H and O–H groups in total. The van der Waals surface area contributed by atoms with Crippen molar-refractivity contribution in [1.82, 2.24) is 5.32 Å². The Morgan fingerprint density at radius 2 is 1.67 bits per heavy atom. The van der Waals surface area contributed by atoms with E-state index in [1.54, 1.807) is 36.6 Å². The number of ether oxygens (including phenoxy) is 1. The van der Waals surface area contributed by atoms with Gasteiger partial charge in [0, 0.05) is 12.6 Å². The number of likely N-dealkylation sites (N-methyl/N-ethyl adjacent to an activating group) is 1. The molecule has 0 aliphatic rings. The van der Waals surface area contributed by atoms with Crippen LogP contribution in [0.3, 0.4) is 0 Å². The third-order valence-corrected chi connectivity index (χ3v) is 2.46. The number of alkyl halides is 3. The van der Waals surface area contributed by atoms with Crippen molar-refractivity contribution in [2.45, 2.75) is 13.1 Å². The number of aliphatic carboxylic acids is 1. The van der Waals surface area contributed by atoms with Gasteiger partial charge in [0.05, 0.1) is 7.05 Å². The summed E-state index contributed by atoms with van der Waals surface area (Å²) in [5, 5.41) is 15.5. The average molecular weight is 393 g/mol. The number of nitrogens with two attached hydrogens (primary N) is 1. The summed E-state index contributed by atoms with van der Waals surface area (Å²) in [5.41, 5.74) is 0.615. The van der Waals surface area contributed by atoms with Gasteiger partial charge in [-0.05, 0) is 24.3 Å². The van der Waals surface area contributed by atoms with Gasteiger partial charge in [-0.15, -0.1) is 0 Å². The molecule has 0 spiro atoms. The van der Waals surface area contributed by atoms with Crippen molar-refractivity contribution < 1.29 is 47.5 Å². The van der Waals surface area contributed by atoms with E-state index in [-0.39, 0.29) is 24.9 Å². The van der Waals surface area contributed by atoms with E-state index in [1.807, 2.05) is 0 Å². The summed E-state index contributed by atoms with van der Waals surface area (Å²) in [6.45, 7) is 1.49. The summed E-state index contributed by atoms with van der Waals surface area (Å²) in [4.78, 5) is 42.2. The van der Waals surface area contributed by atoms with Crippen LogP contribution in [0.25, 0.3) is 0 Å². The van der Waals surface area contributed by atoms with Gasteiger partial charge in [0.25, 0.3) is 5.91 Å². The van der Waals surface area contributed by atoms with Gasteiger partial charge >= 0.3 is 12.1 Å². The molecule has 1 aromatic carbocycles. The van der Waals surface area contributed by atoms with Crippen molar-refractivity contribution in [2.75, 3.05) is 25.5 Å². The smallest absolute Gasteiger partial charge is 0.430 e. The maximum absolute atomic E-state index is 11.5. The maximum atomic E-state index is 11.5. The second kappa shape index (κ2) is 11.5. The number of halogens is 3. The summed E-state index contributed by atoms with van der Waals surface area (Å²) in [6, 6.07) is 6.36. The minimum absolute atomic E-state index is 0.176. The standard InChI is InChI=1S/C13H17N3O4.C2HF3O2/c1-9(17)16-10-3-5-11(6-4-10)20-13(19)8-15-12(18)7-14-2;3-2(4,5)1(6)7/h3-6,14H,7-8H2,1-2H3,(H,15,18)(H,16,17);(H,6,7). The highest BCUT2D eigenvalue weighted by atomic mass is 19.4. The fourth-order valence-electron chi connectivity index (χ4n) is 1.41. The van der Waals surface area contributed by atoms with E-state index in [0.29, 0.717) is 11.4 Å². The van der Waals surface area contributed by atoms with Gasteiger partial charge < -0.3 is 30.6 Å². The molecule has 150 valence electrons. The Morgan fingerprint density at radius 3 is 2.07 bits per heavy atom. The van der Waals surface area contributed by atoms with E-state index in [9.17, 15) is 27.6 Å². The lowest BCUT2D eigenvalue weighted by Gasteiger charge is -2.06. The molecule has 0 atom stereocenters. The first-order valence-electron chi connectivity index (χ1n) is 7.36. The lowest BCUT2D eigenvalue weighted by molar-refractivity contribution is -0.615. The number of esters is 1. The fourth-order valence-corrected chi connectivity index (χ4v) is 1.41. The van der Waals surface area contributed by atoms with Gasteiger partial charge in [0.15, 0.2) is 6.54 Å². The maximum Gasteiger partial charge on any atom is 0.430 e. The molecule has 0 saturated heterocycles. The Labute approximate surface area is 151 Å². The van der Waals surface area contributed by atoms with Crippen LogP contribution in [0, 0.1) is 0 Å². The number of nitrogens with one attached hydrogen (secondary N) is 2. The van der Waals surface area contributed by atoms with E-state index in [4.69, 9.17) is 14.6 Å². The number of benzene rings is 1. The van der Waals surface area contributed by atoms with Gasteiger partial charge in [-0.25, -0.2) is 4.79 Å². The van der Waals surface area contributed by atoms with Gasteiger partial charge in [-0.1, -0.05) is 0 Å². The zero-order chi connectivity index (χ0) is 21.0. The quantitative estimate of drug-likeness (QED) is 0.383. The predicted octanol–water partition coefficient (Wildman–Crippen LogP) is -1.84. The SMILES string of the molecule is C[NH2+]CC(=O)NCC(=O)Oc1ccc(NC(C)=O)cc1.O=C([O-])C(F)(F)F. The number of anilines is 1. The zero-order valence-corrected chi connectivity index (χ0v) is 14.4. The Kier molecular flexibility index (Phi) is 10.1. The normalized spacial score (nSPS) is 10.1. The molecule has 0 saturated carbocycles. The van der Waals surface area contributed by atoms with Gasteiger partial charge in [-0.2, -0.15) is 13.2 Å². The molecule has 0 fully saturated rings. The molecule has 1 rings (SSSR count). The molecule has 12 heteroatoms. The van der Waals surface area contributed by atoms with E-state index < -0.39 is 18.1 Å². The monoisotopic (exact) mass is 393 g/mol. The molecular weight excluding hydrogens is 375 g/mol. The number of carboxylic acids is 1. The van der Waals surface area contributed by atoms with Crippen molar-refractivity contribution >= 4 is 29.4 Å². The summed E-state index contributed by atoms with van der Waals surface area (Å²) < 4.78 is 36.6. The van der Waals surface area contributed by atoms with Crippen molar-refractivity contribution in [2.24, 2.45) is 0 Å². The number of quaternary nitrogens is 1. The second-order valence-electron chi connectivity index (χ2n) is 4.85. The predicted molar refractivity (Wildman–Crippen MR) is 83.2 cm³/mol. The Balaban J connectivity index is 0.000000821. The van der Waals surface area contributed by atoms with Crippen molar-refractivity contribution in [3.63, 3.8) is 0 Å². The van der Waals surface area contributed by atoms with E-state index in [1.165, 1.54) is 6.92 Å². The summed E-state index contributed by atoms with van der Waals surface area (Å²) in [6.07, 6.45) is -5.19. The largest absolute Gasteiger partial charge is 0.542 e. The van der Waals surface area contributed by atoms with E-state index in [0.717, 1.165) is 0 Å². The summed E-state index contributed by atoms with van der Waals surface area (Å²) in [5.74, 6) is -3.62. The van der Waals surface area contributed by atoms with Crippen LogP contribution in [0.1, 0.15) is 6.92 Å². The Hall–Kier alpha value is -3.15. The van der Waals surface area contributed by atoms with E-state index in [2.05, 4.69) is 10.6 Å². The first kappa shape index (κ1) is 23.9. The van der Waals surface area contributed by atoms with Gasteiger partial charge in [0.1, 0.15) is 18.3 Å². The third kappa shape index (κ3) is 11.9. The molecule has 2 amide bonds. The minimum atomic E-state index is -5.19. The highest BCUT2D eigenvalue weighted by Gasteiger charge is 2.28. The van der Waals surface area contributed by atoms with E-state index >= 15 is 0 Å². The van der Waals surface area contributed by atoms with Gasteiger partial charge in [0.2, 0.25) is 5.91 Å². The molecule has 0 aromatic heterocycles. The topological polar surface area (TPSA) is 141 Å². The molecule has 9 nitrogen and oxygen atoms in total. The van der Waals surface area contributed by atoms with Crippen molar-refractivity contribution in [1.29, 1.82) is 0 Å². The average Bonchev–Trinajstić information content (AvgIpc) is 2.54. The zero-order valence-electron chi connectivity index (χ0n) is 14.4. The first-order valence-corrected chi connectivity index (χ1v) is 7.36.